The molecule has 2 aromatic rings. The van der Waals surface area contributed by atoms with Crippen LogP contribution < -0.4 is 0 Å². The van der Waals surface area contributed by atoms with Crippen molar-refractivity contribution in [3.63, 3.8) is 0 Å². The van der Waals surface area contributed by atoms with Gasteiger partial charge in [0.2, 0.25) is 0 Å². The topological polar surface area (TPSA) is 30.7 Å². The number of pyridine rings is 1. The van der Waals surface area contributed by atoms with Gasteiger partial charge >= 0.3 is 0 Å². The molecule has 2 heterocycles. The summed E-state index contributed by atoms with van der Waals surface area (Å²) in [7, 11) is 0. The van der Waals surface area contributed by atoms with E-state index in [1.807, 2.05) is 6.07 Å². The number of aromatic nitrogens is 3. The number of hydrogen-bond donors (Lipinski definition) is 0. The van der Waals surface area contributed by atoms with Crippen molar-refractivity contribution in [2.75, 3.05) is 0 Å². The quantitative estimate of drug-likeness (QED) is 0.772. The van der Waals surface area contributed by atoms with Crippen molar-refractivity contribution in [3.8, 4) is 0 Å². The lowest BCUT2D eigenvalue weighted by molar-refractivity contribution is 0.257. The zero-order valence-electron chi connectivity index (χ0n) is 11.6. The summed E-state index contributed by atoms with van der Waals surface area (Å²) in [6, 6.07) is 1.86. The Kier molecular flexibility index (Phi) is 4.18. The summed E-state index contributed by atoms with van der Waals surface area (Å²) in [5.74, 6) is 2.84. The summed E-state index contributed by atoms with van der Waals surface area (Å²) in [5, 5.41) is 0.620. The highest BCUT2D eigenvalue weighted by Gasteiger charge is 2.21. The Bertz CT molecular complexity index is 608. The number of alkyl halides is 1. The molecule has 2 atom stereocenters. The van der Waals surface area contributed by atoms with Crippen molar-refractivity contribution < 1.29 is 0 Å². The SMILES string of the molecule is CC1CCCC(Cn2c(CCl)nc3cc(Cl)cnc32)C1. The summed E-state index contributed by atoms with van der Waals surface area (Å²) in [6.07, 6.45) is 6.95. The van der Waals surface area contributed by atoms with Gasteiger partial charge in [0.25, 0.3) is 0 Å². The molecule has 2 unspecified atom stereocenters. The van der Waals surface area contributed by atoms with Crippen molar-refractivity contribution in [2.24, 2.45) is 11.8 Å². The minimum Gasteiger partial charge on any atom is -0.311 e. The van der Waals surface area contributed by atoms with Crippen LogP contribution in [0.1, 0.15) is 38.4 Å². The lowest BCUT2D eigenvalue weighted by Crippen LogP contribution is -2.19. The predicted octanol–water partition coefficient (Wildman–Crippen LogP) is 4.65. The first-order chi connectivity index (χ1) is 9.67. The normalized spacial score (nSPS) is 23.4. The summed E-state index contributed by atoms with van der Waals surface area (Å²) in [4.78, 5) is 9.00. The third-order valence-corrected chi connectivity index (χ3v) is 4.68. The molecule has 0 spiro atoms. The Balaban J connectivity index is 1.93. The lowest BCUT2D eigenvalue weighted by atomic mass is 9.82. The molecule has 1 saturated carbocycles. The minimum atomic E-state index is 0.413. The smallest absolute Gasteiger partial charge is 0.160 e. The van der Waals surface area contributed by atoms with E-state index in [0.29, 0.717) is 16.8 Å². The largest absolute Gasteiger partial charge is 0.311 e. The highest BCUT2D eigenvalue weighted by molar-refractivity contribution is 6.31. The van der Waals surface area contributed by atoms with Crippen molar-refractivity contribution in [1.29, 1.82) is 0 Å². The van der Waals surface area contributed by atoms with E-state index in [4.69, 9.17) is 23.2 Å². The molecule has 0 amide bonds. The number of halogens is 2. The molecular weight excluding hydrogens is 293 g/mol. The van der Waals surface area contributed by atoms with Gasteiger partial charge in [-0.05, 0) is 30.7 Å². The second-order valence-electron chi connectivity index (χ2n) is 5.91. The Hall–Kier alpha value is -0.800. The summed E-state index contributed by atoms with van der Waals surface area (Å²) < 4.78 is 2.18. The highest BCUT2D eigenvalue weighted by atomic mass is 35.5. The Morgan fingerprint density at radius 2 is 2.25 bits per heavy atom. The average molecular weight is 312 g/mol. The van der Waals surface area contributed by atoms with Crippen molar-refractivity contribution >= 4 is 34.4 Å². The molecule has 2 aromatic heterocycles. The molecule has 3 rings (SSSR count). The fraction of sp³-hybridized carbons (Fsp3) is 0.600. The standard InChI is InChI=1S/C15H19Cl2N3/c1-10-3-2-4-11(5-10)9-20-14(7-16)19-13-6-12(17)8-18-15(13)20/h6,8,10-11H,2-5,7,9H2,1H3. The molecule has 0 aromatic carbocycles. The zero-order chi connectivity index (χ0) is 14.1. The molecule has 3 nitrogen and oxygen atoms in total. The van der Waals surface area contributed by atoms with Crippen molar-refractivity contribution in [1.82, 2.24) is 14.5 Å². The molecular formula is C15H19Cl2N3. The van der Waals surface area contributed by atoms with Gasteiger partial charge in [0.1, 0.15) is 11.3 Å². The van der Waals surface area contributed by atoms with Crippen LogP contribution in [0.5, 0.6) is 0 Å². The number of nitrogens with zero attached hydrogens (tertiary/aromatic N) is 3. The molecule has 1 aliphatic rings. The van der Waals surface area contributed by atoms with E-state index in [0.717, 1.165) is 29.5 Å². The van der Waals surface area contributed by atoms with E-state index in [-0.39, 0.29) is 0 Å². The maximum atomic E-state index is 6.05. The van der Waals surface area contributed by atoms with E-state index in [1.165, 1.54) is 25.7 Å². The summed E-state index contributed by atoms with van der Waals surface area (Å²) in [6.45, 7) is 3.32. The average Bonchev–Trinajstić information content (AvgIpc) is 2.76. The van der Waals surface area contributed by atoms with E-state index >= 15 is 0 Å². The van der Waals surface area contributed by atoms with Gasteiger partial charge in [-0.3, -0.25) is 0 Å². The molecule has 0 radical (unpaired) electrons. The van der Waals surface area contributed by atoms with Gasteiger partial charge in [-0.1, -0.05) is 31.4 Å². The zero-order valence-corrected chi connectivity index (χ0v) is 13.2. The molecule has 1 aliphatic carbocycles. The summed E-state index contributed by atoms with van der Waals surface area (Å²) >= 11 is 12.0. The number of fused-ring (bicyclic) bond motifs is 1. The third kappa shape index (κ3) is 2.79. The second kappa shape index (κ2) is 5.90. The van der Waals surface area contributed by atoms with Gasteiger partial charge in [-0.15, -0.1) is 11.6 Å². The van der Waals surface area contributed by atoms with Gasteiger partial charge in [0, 0.05) is 12.7 Å². The molecule has 0 bridgehead atoms. The second-order valence-corrected chi connectivity index (χ2v) is 6.61. The molecule has 20 heavy (non-hydrogen) atoms. The van der Waals surface area contributed by atoms with E-state index in [2.05, 4.69) is 21.5 Å². The maximum absolute atomic E-state index is 6.05. The van der Waals surface area contributed by atoms with Crippen molar-refractivity contribution in [2.45, 2.75) is 45.0 Å². The van der Waals surface area contributed by atoms with Crippen LogP contribution in [0.3, 0.4) is 0 Å². The van der Waals surface area contributed by atoms with E-state index < -0.39 is 0 Å². The molecule has 5 heteroatoms. The van der Waals surface area contributed by atoms with Crippen LogP contribution in [0.2, 0.25) is 5.02 Å². The van der Waals surface area contributed by atoms with Crippen LogP contribution in [0.4, 0.5) is 0 Å². The molecule has 108 valence electrons. The van der Waals surface area contributed by atoms with Crippen molar-refractivity contribution in [3.05, 3.63) is 23.1 Å². The Morgan fingerprint density at radius 1 is 1.40 bits per heavy atom. The monoisotopic (exact) mass is 311 g/mol. The third-order valence-electron chi connectivity index (χ3n) is 4.24. The van der Waals surface area contributed by atoms with Crippen LogP contribution in [0.15, 0.2) is 12.3 Å². The van der Waals surface area contributed by atoms with Crippen LogP contribution in [-0.4, -0.2) is 14.5 Å². The van der Waals surface area contributed by atoms with Gasteiger partial charge in [0.15, 0.2) is 5.65 Å². The highest BCUT2D eigenvalue weighted by Crippen LogP contribution is 2.31. The van der Waals surface area contributed by atoms with Gasteiger partial charge in [0.05, 0.1) is 10.9 Å². The fourth-order valence-electron chi connectivity index (χ4n) is 3.31. The minimum absolute atomic E-state index is 0.413. The first-order valence-corrected chi connectivity index (χ1v) is 8.15. The number of imidazole rings is 1. The van der Waals surface area contributed by atoms with Crippen LogP contribution in [-0.2, 0) is 12.4 Å². The van der Waals surface area contributed by atoms with Crippen LogP contribution >= 0.6 is 23.2 Å². The van der Waals surface area contributed by atoms with Gasteiger partial charge in [-0.2, -0.15) is 0 Å². The van der Waals surface area contributed by atoms with E-state index in [1.54, 1.807) is 6.20 Å². The Morgan fingerprint density at radius 3 is 3.00 bits per heavy atom. The molecule has 0 N–H and O–H groups in total. The lowest BCUT2D eigenvalue weighted by Gasteiger charge is -2.27. The van der Waals surface area contributed by atoms with Crippen LogP contribution in [0.25, 0.3) is 11.2 Å². The van der Waals surface area contributed by atoms with Gasteiger partial charge < -0.3 is 4.57 Å². The molecule has 0 saturated heterocycles. The van der Waals surface area contributed by atoms with E-state index in [9.17, 15) is 0 Å². The summed E-state index contributed by atoms with van der Waals surface area (Å²) in [5.41, 5.74) is 1.75. The number of rotatable bonds is 3. The van der Waals surface area contributed by atoms with Crippen LogP contribution in [0, 0.1) is 11.8 Å². The predicted molar refractivity (Wildman–Crippen MR) is 83.2 cm³/mol. The molecule has 1 fully saturated rings. The Labute approximate surface area is 129 Å². The maximum Gasteiger partial charge on any atom is 0.160 e. The first-order valence-electron chi connectivity index (χ1n) is 7.24. The van der Waals surface area contributed by atoms with Gasteiger partial charge in [-0.25, -0.2) is 9.97 Å². The number of hydrogen-bond acceptors (Lipinski definition) is 2. The molecule has 0 aliphatic heterocycles. The first kappa shape index (κ1) is 14.2. The fourth-order valence-corrected chi connectivity index (χ4v) is 3.67.